The summed E-state index contributed by atoms with van der Waals surface area (Å²) in [4.78, 5) is 13.8. The maximum atomic E-state index is 12.2. The summed E-state index contributed by atoms with van der Waals surface area (Å²) in [5.74, 6) is 0.450. The van der Waals surface area contributed by atoms with Crippen molar-refractivity contribution >= 4 is 33.4 Å². The zero-order chi connectivity index (χ0) is 14.9. The van der Waals surface area contributed by atoms with Crippen LogP contribution in [-0.2, 0) is 4.79 Å². The molecule has 1 N–H and O–H groups in total. The first-order valence-electron chi connectivity index (χ1n) is 6.47. The van der Waals surface area contributed by atoms with Crippen molar-refractivity contribution in [3.63, 3.8) is 0 Å². The molecule has 6 heteroatoms. The smallest absolute Gasteiger partial charge is 0.263 e. The molecule has 1 saturated heterocycles. The first-order chi connectivity index (χ1) is 9.34. The summed E-state index contributed by atoms with van der Waals surface area (Å²) in [6, 6.07) is 5.14. The fourth-order valence-corrected chi connectivity index (χ4v) is 2.89. The molecule has 1 amide bonds. The number of β-amino-alcohol motifs (C(OH)–C–C–N with tert-alkyl or cyclic N) is 1. The Labute approximate surface area is 131 Å². The molecule has 1 heterocycles. The van der Waals surface area contributed by atoms with Crippen molar-refractivity contribution in [1.82, 2.24) is 4.90 Å². The minimum atomic E-state index is -0.726. The van der Waals surface area contributed by atoms with Gasteiger partial charge in [-0.05, 0) is 47.5 Å². The second-order valence-corrected chi connectivity index (χ2v) is 6.40. The van der Waals surface area contributed by atoms with Crippen LogP contribution in [0, 0.1) is 0 Å². The van der Waals surface area contributed by atoms with Crippen LogP contribution in [0.25, 0.3) is 0 Å². The van der Waals surface area contributed by atoms with Gasteiger partial charge >= 0.3 is 0 Å². The molecule has 0 aromatic heterocycles. The Bertz CT molecular complexity index is 517. The van der Waals surface area contributed by atoms with Gasteiger partial charge in [0, 0.05) is 5.02 Å². The summed E-state index contributed by atoms with van der Waals surface area (Å²) in [6.45, 7) is 4.36. The van der Waals surface area contributed by atoms with Crippen LogP contribution in [0.2, 0.25) is 5.02 Å². The fraction of sp³-hybridized carbons (Fsp3) is 0.500. The van der Waals surface area contributed by atoms with Crippen LogP contribution in [0.1, 0.15) is 20.3 Å². The Kier molecular flexibility index (Phi) is 4.62. The summed E-state index contributed by atoms with van der Waals surface area (Å²) in [5.41, 5.74) is -0.726. The van der Waals surface area contributed by atoms with Crippen molar-refractivity contribution in [3.8, 4) is 5.75 Å². The summed E-state index contributed by atoms with van der Waals surface area (Å²) in [5, 5.41) is 10.5. The van der Waals surface area contributed by atoms with Gasteiger partial charge in [0.15, 0.2) is 6.10 Å². The first-order valence-corrected chi connectivity index (χ1v) is 7.64. The highest BCUT2D eigenvalue weighted by molar-refractivity contribution is 9.10. The minimum Gasteiger partial charge on any atom is -0.480 e. The van der Waals surface area contributed by atoms with Crippen molar-refractivity contribution in [3.05, 3.63) is 27.7 Å². The molecular formula is C14H17BrClNO3. The molecule has 1 aromatic rings. The lowest BCUT2D eigenvalue weighted by Crippen LogP contribution is -2.65. The average molecular weight is 363 g/mol. The lowest BCUT2D eigenvalue weighted by molar-refractivity contribution is -0.162. The maximum Gasteiger partial charge on any atom is 0.263 e. The Morgan fingerprint density at radius 3 is 2.80 bits per heavy atom. The van der Waals surface area contributed by atoms with Crippen molar-refractivity contribution in [2.24, 2.45) is 0 Å². The van der Waals surface area contributed by atoms with Crippen molar-refractivity contribution in [2.45, 2.75) is 32.0 Å². The van der Waals surface area contributed by atoms with E-state index in [4.69, 9.17) is 16.3 Å². The highest BCUT2D eigenvalue weighted by Gasteiger charge is 2.43. The molecule has 0 aliphatic carbocycles. The summed E-state index contributed by atoms with van der Waals surface area (Å²) >= 11 is 9.20. The van der Waals surface area contributed by atoms with Gasteiger partial charge in [0.1, 0.15) is 5.75 Å². The van der Waals surface area contributed by atoms with E-state index in [1.165, 1.54) is 0 Å². The number of rotatable bonds is 4. The number of carbonyl (C=O) groups is 1. The molecule has 0 saturated carbocycles. The van der Waals surface area contributed by atoms with Crippen molar-refractivity contribution < 1.29 is 14.6 Å². The molecular weight excluding hydrogens is 346 g/mol. The standard InChI is InChI=1S/C14H17BrClNO3/c1-3-14(19)7-17(8-14)13(18)9(2)20-12-5-4-10(16)6-11(12)15/h4-6,9,19H,3,7-8H2,1-2H3. The fourth-order valence-electron chi connectivity index (χ4n) is 2.11. The molecule has 0 spiro atoms. The molecule has 1 aliphatic heterocycles. The molecule has 1 unspecified atom stereocenters. The quantitative estimate of drug-likeness (QED) is 0.896. The molecule has 0 bridgehead atoms. The molecule has 1 fully saturated rings. The van der Waals surface area contributed by atoms with E-state index < -0.39 is 11.7 Å². The molecule has 110 valence electrons. The second kappa shape index (κ2) is 5.92. The molecule has 1 atom stereocenters. The number of benzene rings is 1. The molecule has 2 rings (SSSR count). The van der Waals surface area contributed by atoms with E-state index in [-0.39, 0.29) is 5.91 Å². The number of amides is 1. The molecule has 0 radical (unpaired) electrons. The van der Waals surface area contributed by atoms with E-state index in [1.807, 2.05) is 6.92 Å². The van der Waals surface area contributed by atoms with E-state index in [2.05, 4.69) is 15.9 Å². The number of halogens is 2. The van der Waals surface area contributed by atoms with Crippen LogP contribution in [0.5, 0.6) is 5.75 Å². The number of hydrogen-bond donors (Lipinski definition) is 1. The zero-order valence-electron chi connectivity index (χ0n) is 11.4. The van der Waals surface area contributed by atoms with Gasteiger partial charge in [-0.2, -0.15) is 0 Å². The van der Waals surface area contributed by atoms with Gasteiger partial charge in [-0.3, -0.25) is 4.79 Å². The number of ether oxygens (including phenoxy) is 1. The van der Waals surface area contributed by atoms with E-state index in [9.17, 15) is 9.90 Å². The summed E-state index contributed by atoms with van der Waals surface area (Å²) < 4.78 is 6.35. The predicted octanol–water partition coefficient (Wildman–Crippen LogP) is 2.85. The van der Waals surface area contributed by atoms with Gasteiger partial charge in [-0.1, -0.05) is 18.5 Å². The highest BCUT2D eigenvalue weighted by atomic mass is 79.9. The average Bonchev–Trinajstić information content (AvgIpc) is 2.37. The molecule has 4 nitrogen and oxygen atoms in total. The van der Waals surface area contributed by atoms with Crippen LogP contribution in [0.3, 0.4) is 0 Å². The predicted molar refractivity (Wildman–Crippen MR) is 81.1 cm³/mol. The minimum absolute atomic E-state index is 0.120. The van der Waals surface area contributed by atoms with Gasteiger partial charge in [0.2, 0.25) is 0 Å². The van der Waals surface area contributed by atoms with Gasteiger partial charge in [-0.25, -0.2) is 0 Å². The number of carbonyl (C=O) groups excluding carboxylic acids is 1. The number of hydrogen-bond acceptors (Lipinski definition) is 3. The summed E-state index contributed by atoms with van der Waals surface area (Å²) in [6.07, 6.45) is 0.0447. The Morgan fingerprint density at radius 2 is 2.25 bits per heavy atom. The van der Waals surface area contributed by atoms with Gasteiger partial charge in [0.05, 0.1) is 23.2 Å². The molecule has 20 heavy (non-hydrogen) atoms. The second-order valence-electron chi connectivity index (χ2n) is 5.11. The molecule has 1 aliphatic rings. The summed E-state index contributed by atoms with van der Waals surface area (Å²) in [7, 11) is 0. The topological polar surface area (TPSA) is 49.8 Å². The lowest BCUT2D eigenvalue weighted by Gasteiger charge is -2.46. The largest absolute Gasteiger partial charge is 0.480 e. The van der Waals surface area contributed by atoms with Crippen molar-refractivity contribution in [1.29, 1.82) is 0 Å². The number of likely N-dealkylation sites (tertiary alicyclic amines) is 1. The number of nitrogens with zero attached hydrogens (tertiary/aromatic N) is 1. The Hall–Kier alpha value is -0.780. The highest BCUT2D eigenvalue weighted by Crippen LogP contribution is 2.30. The Morgan fingerprint density at radius 1 is 1.60 bits per heavy atom. The Balaban J connectivity index is 1.95. The third-order valence-electron chi connectivity index (χ3n) is 3.49. The normalized spacial score (nSPS) is 18.4. The zero-order valence-corrected chi connectivity index (χ0v) is 13.7. The van der Waals surface area contributed by atoms with Crippen molar-refractivity contribution in [2.75, 3.05) is 13.1 Å². The van der Waals surface area contributed by atoms with E-state index in [0.29, 0.717) is 34.8 Å². The third kappa shape index (κ3) is 3.27. The lowest BCUT2D eigenvalue weighted by atomic mass is 9.91. The van der Waals surface area contributed by atoms with Gasteiger partial charge < -0.3 is 14.7 Å². The van der Waals surface area contributed by atoms with E-state index >= 15 is 0 Å². The van der Waals surface area contributed by atoms with Gasteiger partial charge in [0.25, 0.3) is 5.91 Å². The maximum absolute atomic E-state index is 12.2. The molecule has 1 aromatic carbocycles. The van der Waals surface area contributed by atoms with Crippen LogP contribution in [0.15, 0.2) is 22.7 Å². The van der Waals surface area contributed by atoms with Crippen LogP contribution in [0.4, 0.5) is 0 Å². The third-order valence-corrected chi connectivity index (χ3v) is 4.34. The van der Waals surface area contributed by atoms with Crippen LogP contribution < -0.4 is 4.74 Å². The monoisotopic (exact) mass is 361 g/mol. The van der Waals surface area contributed by atoms with E-state index in [1.54, 1.807) is 30.0 Å². The van der Waals surface area contributed by atoms with Gasteiger partial charge in [-0.15, -0.1) is 0 Å². The van der Waals surface area contributed by atoms with Crippen LogP contribution >= 0.6 is 27.5 Å². The first kappa shape index (κ1) is 15.6. The van der Waals surface area contributed by atoms with Crippen LogP contribution in [-0.4, -0.2) is 40.7 Å². The van der Waals surface area contributed by atoms with E-state index in [0.717, 1.165) is 0 Å². The SMILES string of the molecule is CCC1(O)CN(C(=O)C(C)Oc2ccc(Cl)cc2Br)C1. The number of aliphatic hydroxyl groups is 1.